The van der Waals surface area contributed by atoms with Gasteiger partial charge in [-0.3, -0.25) is 4.90 Å². The second kappa shape index (κ2) is 8.27. The monoisotopic (exact) mass is 365 g/mol. The number of piperazine rings is 1. The molecular weight excluding hydrogens is 338 g/mol. The van der Waals surface area contributed by atoms with Crippen molar-refractivity contribution in [1.29, 1.82) is 0 Å². The number of fused-ring (bicyclic) bond motifs is 1. The zero-order chi connectivity index (χ0) is 18.5. The molecule has 0 aliphatic carbocycles. The van der Waals surface area contributed by atoms with Gasteiger partial charge in [-0.1, -0.05) is 18.2 Å². The maximum Gasteiger partial charge on any atom is 0.275 e. The predicted molar refractivity (Wildman–Crippen MR) is 107 cm³/mol. The van der Waals surface area contributed by atoms with Crippen molar-refractivity contribution < 1.29 is 19.4 Å². The van der Waals surface area contributed by atoms with Crippen LogP contribution >= 0.6 is 0 Å². The number of hydrogen-bond donors (Lipinski definition) is 1. The van der Waals surface area contributed by atoms with Crippen LogP contribution in [-0.2, 0) is 0 Å². The van der Waals surface area contributed by atoms with Gasteiger partial charge in [0.05, 0.1) is 7.11 Å². The summed E-state index contributed by atoms with van der Waals surface area (Å²) >= 11 is 0. The summed E-state index contributed by atoms with van der Waals surface area (Å²) in [5.74, 6) is 2.97. The fraction of sp³-hybridized carbons (Fsp3) is 0.318. The van der Waals surface area contributed by atoms with Gasteiger partial charge in [0.1, 0.15) is 56.3 Å². The molecule has 0 unspecified atom stereocenters. The number of benzene rings is 2. The molecule has 1 aliphatic rings. The zero-order valence-electron chi connectivity index (χ0n) is 15.8. The fourth-order valence-corrected chi connectivity index (χ4v) is 3.59. The Kier molecular flexibility index (Phi) is 5.39. The molecule has 1 aliphatic heterocycles. The van der Waals surface area contributed by atoms with Gasteiger partial charge in [0, 0.05) is 11.5 Å². The van der Waals surface area contributed by atoms with E-state index >= 15 is 0 Å². The first kappa shape index (κ1) is 17.6. The van der Waals surface area contributed by atoms with Crippen molar-refractivity contribution in [3.8, 4) is 11.5 Å². The molecule has 2 N–H and O–H groups in total. The molecule has 0 bridgehead atoms. The van der Waals surface area contributed by atoms with Crippen molar-refractivity contribution >= 4 is 16.7 Å². The zero-order valence-corrected chi connectivity index (χ0v) is 15.8. The lowest BCUT2D eigenvalue weighted by Crippen LogP contribution is -3.15. The Morgan fingerprint density at radius 2 is 1.67 bits per heavy atom. The van der Waals surface area contributed by atoms with E-state index in [-0.39, 0.29) is 0 Å². The van der Waals surface area contributed by atoms with Gasteiger partial charge < -0.3 is 14.4 Å². The molecule has 3 aromatic rings. The van der Waals surface area contributed by atoms with Gasteiger partial charge in [0.15, 0.2) is 0 Å². The third-order valence-electron chi connectivity index (χ3n) is 5.24. The molecule has 0 saturated carbocycles. The third-order valence-corrected chi connectivity index (χ3v) is 5.24. The Morgan fingerprint density at radius 1 is 0.926 bits per heavy atom. The Labute approximate surface area is 160 Å². The molecular formula is C22H27N3O2+2. The third kappa shape index (κ3) is 4.31. The van der Waals surface area contributed by atoms with Gasteiger partial charge in [-0.05, 0) is 36.4 Å². The highest BCUT2D eigenvalue weighted by Crippen LogP contribution is 2.16. The van der Waals surface area contributed by atoms with Crippen LogP contribution in [0.3, 0.4) is 0 Å². The molecule has 1 saturated heterocycles. The minimum Gasteiger partial charge on any atom is -0.497 e. The average Bonchev–Trinajstić information content (AvgIpc) is 2.74. The molecule has 1 aromatic heterocycles. The number of methoxy groups -OCH3 is 1. The van der Waals surface area contributed by atoms with Gasteiger partial charge in [0.2, 0.25) is 0 Å². The summed E-state index contributed by atoms with van der Waals surface area (Å²) in [7, 11) is 1.68. The molecule has 0 spiro atoms. The van der Waals surface area contributed by atoms with Crippen molar-refractivity contribution in [3.05, 3.63) is 60.7 Å². The quantitative estimate of drug-likeness (QED) is 0.719. The van der Waals surface area contributed by atoms with Crippen LogP contribution in [0.5, 0.6) is 11.5 Å². The van der Waals surface area contributed by atoms with E-state index in [1.165, 1.54) is 16.7 Å². The van der Waals surface area contributed by atoms with Crippen molar-refractivity contribution in [2.45, 2.75) is 0 Å². The van der Waals surface area contributed by atoms with Crippen LogP contribution in [0.15, 0.2) is 60.7 Å². The molecule has 2 aromatic carbocycles. The summed E-state index contributed by atoms with van der Waals surface area (Å²) in [5.41, 5.74) is 1.19. The molecule has 4 rings (SSSR count). The van der Waals surface area contributed by atoms with Gasteiger partial charge >= 0.3 is 0 Å². The van der Waals surface area contributed by atoms with Crippen molar-refractivity contribution in [2.75, 3.05) is 51.3 Å². The van der Waals surface area contributed by atoms with Crippen LogP contribution in [0, 0.1) is 0 Å². The van der Waals surface area contributed by atoms with E-state index in [0.29, 0.717) is 0 Å². The van der Waals surface area contributed by atoms with E-state index in [4.69, 9.17) is 9.47 Å². The summed E-state index contributed by atoms with van der Waals surface area (Å²) in [6.45, 7) is 6.16. The molecule has 2 heterocycles. The standard InChI is InChI=1S/C22H25N3O2/c1-26-19-7-9-20(10-8-19)27-17-16-24-12-14-25(15-13-24)22-11-6-18-4-2-3-5-21(18)23-22/h2-11H,12-17H2,1H3/p+2. The van der Waals surface area contributed by atoms with E-state index in [9.17, 15) is 0 Å². The van der Waals surface area contributed by atoms with E-state index in [2.05, 4.69) is 46.3 Å². The maximum atomic E-state index is 5.87. The smallest absolute Gasteiger partial charge is 0.275 e. The Hall–Kier alpha value is -2.79. The Morgan fingerprint density at radius 3 is 2.44 bits per heavy atom. The summed E-state index contributed by atoms with van der Waals surface area (Å²) in [6, 6.07) is 20.6. The van der Waals surface area contributed by atoms with Crippen LogP contribution < -0.4 is 24.3 Å². The average molecular weight is 365 g/mol. The first-order valence-corrected chi connectivity index (χ1v) is 9.58. The van der Waals surface area contributed by atoms with Crippen LogP contribution in [0.2, 0.25) is 0 Å². The summed E-state index contributed by atoms with van der Waals surface area (Å²) < 4.78 is 11.0. The molecule has 27 heavy (non-hydrogen) atoms. The van der Waals surface area contributed by atoms with E-state index in [1.54, 1.807) is 12.0 Å². The van der Waals surface area contributed by atoms with E-state index in [0.717, 1.165) is 50.8 Å². The lowest BCUT2D eigenvalue weighted by atomic mass is 10.2. The van der Waals surface area contributed by atoms with Crippen LogP contribution in [0.25, 0.3) is 10.9 Å². The number of pyridine rings is 1. The molecule has 0 atom stereocenters. The largest absolute Gasteiger partial charge is 0.497 e. The summed E-state index contributed by atoms with van der Waals surface area (Å²) in [5, 5.41) is 1.25. The molecule has 5 nitrogen and oxygen atoms in total. The lowest BCUT2D eigenvalue weighted by Gasteiger charge is -2.28. The topological polar surface area (TPSA) is 40.3 Å². The summed E-state index contributed by atoms with van der Waals surface area (Å²) in [6.07, 6.45) is 0. The second-order valence-corrected chi connectivity index (χ2v) is 6.94. The molecule has 0 amide bonds. The maximum absolute atomic E-state index is 5.87. The van der Waals surface area contributed by atoms with Crippen molar-refractivity contribution in [3.63, 3.8) is 0 Å². The lowest BCUT2D eigenvalue weighted by molar-refractivity contribution is -0.900. The minimum atomic E-state index is 0.740. The number of nitrogens with zero attached hydrogens (tertiary/aromatic N) is 1. The SMILES string of the molecule is COc1ccc(OCC[NH+]2CCN(c3ccc4ccccc4[nH+]3)CC2)cc1. The molecule has 140 valence electrons. The first-order valence-electron chi connectivity index (χ1n) is 9.58. The minimum absolute atomic E-state index is 0.740. The number of nitrogens with one attached hydrogen (secondary N) is 2. The van der Waals surface area contributed by atoms with Gasteiger partial charge in [-0.25, -0.2) is 4.98 Å². The number of rotatable bonds is 6. The first-order chi connectivity index (χ1) is 13.3. The van der Waals surface area contributed by atoms with Crippen molar-refractivity contribution in [2.24, 2.45) is 0 Å². The van der Waals surface area contributed by atoms with Gasteiger partial charge in [0.25, 0.3) is 5.82 Å². The van der Waals surface area contributed by atoms with Gasteiger partial charge in [-0.15, -0.1) is 0 Å². The number of quaternary nitrogens is 1. The van der Waals surface area contributed by atoms with Crippen LogP contribution in [0.1, 0.15) is 0 Å². The number of hydrogen-bond acceptors (Lipinski definition) is 3. The van der Waals surface area contributed by atoms with Crippen LogP contribution in [0.4, 0.5) is 5.82 Å². The molecule has 0 radical (unpaired) electrons. The number of H-pyrrole nitrogens is 1. The fourth-order valence-electron chi connectivity index (χ4n) is 3.59. The predicted octanol–water partition coefficient (Wildman–Crippen LogP) is 1.45. The summed E-state index contributed by atoms with van der Waals surface area (Å²) in [4.78, 5) is 7.61. The number of aromatic amines is 1. The number of ether oxygens (including phenoxy) is 2. The number of para-hydroxylation sites is 1. The number of aromatic nitrogens is 1. The van der Waals surface area contributed by atoms with E-state index < -0.39 is 0 Å². The Bertz CT molecular complexity index is 874. The normalized spacial score (nSPS) is 15.1. The van der Waals surface area contributed by atoms with Crippen LogP contribution in [-0.4, -0.2) is 46.4 Å². The highest BCUT2D eigenvalue weighted by atomic mass is 16.5. The molecule has 1 fully saturated rings. The van der Waals surface area contributed by atoms with Crippen molar-refractivity contribution in [1.82, 2.24) is 0 Å². The second-order valence-electron chi connectivity index (χ2n) is 6.94. The molecule has 5 heteroatoms. The Balaban J connectivity index is 1.25. The van der Waals surface area contributed by atoms with E-state index in [1.807, 2.05) is 24.3 Å². The number of anilines is 1. The highest BCUT2D eigenvalue weighted by molar-refractivity contribution is 5.76. The highest BCUT2D eigenvalue weighted by Gasteiger charge is 2.26. The van der Waals surface area contributed by atoms with Gasteiger partial charge in [-0.2, -0.15) is 0 Å².